The second kappa shape index (κ2) is 10.9. The number of nitrogens with zero attached hydrogens (tertiary/aromatic N) is 2. The first-order chi connectivity index (χ1) is 9.74. The fraction of sp³-hybridized carbons (Fsp3) is 0.733. The highest BCUT2D eigenvalue weighted by molar-refractivity contribution is 5.85. The van der Waals surface area contributed by atoms with Crippen LogP contribution >= 0.6 is 24.8 Å². The van der Waals surface area contributed by atoms with Crippen molar-refractivity contribution in [3.8, 4) is 0 Å². The Morgan fingerprint density at radius 2 is 2.00 bits per heavy atom. The smallest absolute Gasteiger partial charge is 0.220 e. The molecule has 0 atom stereocenters. The van der Waals surface area contributed by atoms with Crippen molar-refractivity contribution in [2.75, 3.05) is 13.1 Å². The molecular formula is C15H28Cl2N4O. The molecule has 0 aliphatic heterocycles. The van der Waals surface area contributed by atoms with Gasteiger partial charge >= 0.3 is 0 Å². The molecular weight excluding hydrogens is 323 g/mol. The van der Waals surface area contributed by atoms with Crippen molar-refractivity contribution in [3.05, 3.63) is 18.7 Å². The second-order valence-electron chi connectivity index (χ2n) is 5.95. The van der Waals surface area contributed by atoms with E-state index in [1.165, 1.54) is 19.3 Å². The third kappa shape index (κ3) is 6.55. The molecule has 1 aromatic heterocycles. The molecule has 22 heavy (non-hydrogen) atoms. The van der Waals surface area contributed by atoms with Gasteiger partial charge in [0.2, 0.25) is 5.91 Å². The van der Waals surface area contributed by atoms with Gasteiger partial charge in [0, 0.05) is 31.9 Å². The molecule has 1 fully saturated rings. The van der Waals surface area contributed by atoms with E-state index in [4.69, 9.17) is 5.73 Å². The molecule has 0 spiro atoms. The van der Waals surface area contributed by atoms with Crippen LogP contribution in [0.3, 0.4) is 0 Å². The summed E-state index contributed by atoms with van der Waals surface area (Å²) in [5.41, 5.74) is 5.98. The number of nitrogens with one attached hydrogen (secondary N) is 1. The van der Waals surface area contributed by atoms with Crippen LogP contribution in [0.2, 0.25) is 0 Å². The predicted octanol–water partition coefficient (Wildman–Crippen LogP) is 2.53. The van der Waals surface area contributed by atoms with Crippen LogP contribution in [0.5, 0.6) is 0 Å². The Morgan fingerprint density at radius 1 is 1.27 bits per heavy atom. The van der Waals surface area contributed by atoms with E-state index in [1.54, 1.807) is 12.5 Å². The first-order valence-corrected chi connectivity index (χ1v) is 7.67. The zero-order valence-corrected chi connectivity index (χ0v) is 14.6. The third-order valence-corrected chi connectivity index (χ3v) is 4.36. The minimum atomic E-state index is 0. The summed E-state index contributed by atoms with van der Waals surface area (Å²) in [6.07, 6.45) is 12.9. The minimum Gasteiger partial charge on any atom is -0.356 e. The van der Waals surface area contributed by atoms with Gasteiger partial charge in [0.1, 0.15) is 0 Å². The van der Waals surface area contributed by atoms with Crippen LogP contribution in [0.25, 0.3) is 0 Å². The lowest BCUT2D eigenvalue weighted by Crippen LogP contribution is -2.38. The Hall–Kier alpha value is -0.780. The number of carbonyl (C=O) groups excluding carboxylic acids is 1. The van der Waals surface area contributed by atoms with Gasteiger partial charge in [0.25, 0.3) is 0 Å². The topological polar surface area (TPSA) is 72.9 Å². The van der Waals surface area contributed by atoms with Crippen molar-refractivity contribution in [3.63, 3.8) is 0 Å². The highest BCUT2D eigenvalue weighted by Gasteiger charge is 2.32. The maximum Gasteiger partial charge on any atom is 0.220 e. The van der Waals surface area contributed by atoms with Crippen LogP contribution in [-0.2, 0) is 11.3 Å². The fourth-order valence-electron chi connectivity index (χ4n) is 3.07. The molecule has 0 aromatic carbocycles. The summed E-state index contributed by atoms with van der Waals surface area (Å²) in [4.78, 5) is 16.0. The van der Waals surface area contributed by atoms with Gasteiger partial charge in [-0.3, -0.25) is 4.79 Å². The van der Waals surface area contributed by atoms with Crippen molar-refractivity contribution in [2.24, 2.45) is 11.1 Å². The Balaban J connectivity index is 0.00000220. The summed E-state index contributed by atoms with van der Waals surface area (Å²) in [6, 6.07) is 0. The van der Waals surface area contributed by atoms with Gasteiger partial charge < -0.3 is 15.6 Å². The van der Waals surface area contributed by atoms with Crippen molar-refractivity contribution in [2.45, 2.75) is 51.5 Å². The summed E-state index contributed by atoms with van der Waals surface area (Å²) in [5, 5.41) is 3.02. The molecule has 7 heteroatoms. The normalized spacial score (nSPS) is 16.2. The number of aromatic nitrogens is 2. The zero-order chi connectivity index (χ0) is 14.3. The highest BCUT2D eigenvalue weighted by atomic mass is 35.5. The molecule has 0 saturated heterocycles. The maximum atomic E-state index is 12.1. The summed E-state index contributed by atoms with van der Waals surface area (Å²) in [6.45, 7) is 2.25. The van der Waals surface area contributed by atoms with Crippen LogP contribution in [0.15, 0.2) is 18.7 Å². The first-order valence-electron chi connectivity index (χ1n) is 7.67. The number of hydrogen-bond donors (Lipinski definition) is 2. The van der Waals surface area contributed by atoms with Crippen molar-refractivity contribution < 1.29 is 4.79 Å². The Bertz CT molecular complexity index is 406. The summed E-state index contributed by atoms with van der Waals surface area (Å²) < 4.78 is 2.02. The Morgan fingerprint density at radius 3 is 2.59 bits per heavy atom. The summed E-state index contributed by atoms with van der Waals surface area (Å²) in [5.74, 6) is 0.156. The average Bonchev–Trinajstić information content (AvgIpc) is 2.98. The molecule has 1 amide bonds. The molecule has 0 radical (unpaired) electrons. The summed E-state index contributed by atoms with van der Waals surface area (Å²) in [7, 11) is 0. The van der Waals surface area contributed by atoms with Gasteiger partial charge in [0.05, 0.1) is 6.33 Å². The van der Waals surface area contributed by atoms with E-state index in [0.717, 1.165) is 32.4 Å². The lowest BCUT2D eigenvalue weighted by Gasteiger charge is -2.35. The van der Waals surface area contributed by atoms with E-state index in [1.807, 2.05) is 10.8 Å². The number of amides is 1. The van der Waals surface area contributed by atoms with Crippen LogP contribution in [0.4, 0.5) is 0 Å². The number of carbonyl (C=O) groups is 1. The van der Waals surface area contributed by atoms with E-state index in [2.05, 4.69) is 10.3 Å². The van der Waals surface area contributed by atoms with Crippen molar-refractivity contribution >= 4 is 30.7 Å². The third-order valence-electron chi connectivity index (χ3n) is 4.36. The molecule has 5 nitrogen and oxygen atoms in total. The van der Waals surface area contributed by atoms with E-state index >= 15 is 0 Å². The molecule has 3 N–H and O–H groups in total. The number of rotatable bonds is 7. The predicted molar refractivity (Wildman–Crippen MR) is 93.5 cm³/mol. The monoisotopic (exact) mass is 350 g/mol. The molecule has 2 rings (SSSR count). The van der Waals surface area contributed by atoms with Crippen LogP contribution < -0.4 is 11.1 Å². The first kappa shape index (κ1) is 21.2. The molecule has 1 aliphatic carbocycles. The molecule has 1 heterocycles. The van der Waals surface area contributed by atoms with Gasteiger partial charge in [-0.05, 0) is 31.2 Å². The molecule has 128 valence electrons. The maximum absolute atomic E-state index is 12.1. The quantitative estimate of drug-likeness (QED) is 0.742. The van der Waals surface area contributed by atoms with Gasteiger partial charge in [0.15, 0.2) is 0 Å². The molecule has 1 saturated carbocycles. The average molecular weight is 351 g/mol. The van der Waals surface area contributed by atoms with Gasteiger partial charge in [-0.15, -0.1) is 24.8 Å². The van der Waals surface area contributed by atoms with Crippen molar-refractivity contribution in [1.29, 1.82) is 0 Å². The van der Waals surface area contributed by atoms with Crippen LogP contribution in [0, 0.1) is 5.41 Å². The zero-order valence-electron chi connectivity index (χ0n) is 13.0. The van der Waals surface area contributed by atoms with E-state index in [9.17, 15) is 4.79 Å². The number of imidazole rings is 1. The van der Waals surface area contributed by atoms with E-state index in [-0.39, 0.29) is 36.1 Å². The lowest BCUT2D eigenvalue weighted by atomic mass is 9.71. The largest absolute Gasteiger partial charge is 0.356 e. The standard InChI is InChI=1S/C15H26N4O.2ClH/c16-12-15(5-2-1-3-6-15)11-14(20)18-7-4-9-19-10-8-17-13-19;;/h8,10,13H,1-7,9,11-12,16H2,(H,18,20);2*1H. The Kier molecular flexibility index (Phi) is 10.5. The van der Waals surface area contributed by atoms with E-state index in [0.29, 0.717) is 13.0 Å². The highest BCUT2D eigenvalue weighted by Crippen LogP contribution is 2.38. The SMILES string of the molecule is Cl.Cl.NCC1(CC(=O)NCCCn2ccnc2)CCCCC1. The van der Waals surface area contributed by atoms with Gasteiger partial charge in [-0.25, -0.2) is 4.98 Å². The number of hydrogen-bond acceptors (Lipinski definition) is 3. The minimum absolute atomic E-state index is 0. The summed E-state index contributed by atoms with van der Waals surface area (Å²) >= 11 is 0. The number of nitrogens with two attached hydrogens (primary N) is 1. The van der Waals surface area contributed by atoms with Gasteiger partial charge in [-0.1, -0.05) is 19.3 Å². The second-order valence-corrected chi connectivity index (χ2v) is 5.95. The fourth-order valence-corrected chi connectivity index (χ4v) is 3.07. The molecule has 0 bridgehead atoms. The number of halogens is 2. The molecule has 0 unspecified atom stereocenters. The van der Waals surface area contributed by atoms with E-state index < -0.39 is 0 Å². The van der Waals surface area contributed by atoms with Crippen LogP contribution in [-0.4, -0.2) is 28.5 Å². The molecule has 1 aliphatic rings. The van der Waals surface area contributed by atoms with Crippen molar-refractivity contribution in [1.82, 2.24) is 14.9 Å². The van der Waals surface area contributed by atoms with Gasteiger partial charge in [-0.2, -0.15) is 0 Å². The number of aryl methyl sites for hydroxylation is 1. The Labute approximate surface area is 145 Å². The lowest BCUT2D eigenvalue weighted by molar-refractivity contribution is -0.123. The molecule has 1 aromatic rings. The van der Waals surface area contributed by atoms with Crippen LogP contribution in [0.1, 0.15) is 44.9 Å².